The number of ether oxygens (including phenoxy) is 1. The molecule has 1 atom stereocenters. The van der Waals surface area contributed by atoms with Crippen molar-refractivity contribution in [3.05, 3.63) is 65.0 Å². The molecule has 0 radical (unpaired) electrons. The van der Waals surface area contributed by atoms with Gasteiger partial charge in [-0.2, -0.15) is 0 Å². The van der Waals surface area contributed by atoms with Crippen molar-refractivity contribution in [2.24, 2.45) is 0 Å². The van der Waals surface area contributed by atoms with Crippen LogP contribution in [0.1, 0.15) is 22.2 Å². The van der Waals surface area contributed by atoms with Crippen LogP contribution in [0.25, 0.3) is 10.1 Å². The van der Waals surface area contributed by atoms with Crippen LogP contribution in [-0.2, 0) is 0 Å². The molecular formula is C19H18N2O3S2. The minimum Gasteiger partial charge on any atom is -0.489 e. The van der Waals surface area contributed by atoms with Gasteiger partial charge in [0, 0.05) is 10.3 Å². The Labute approximate surface area is 160 Å². The molecule has 3 N–H and O–H groups in total. The van der Waals surface area contributed by atoms with Gasteiger partial charge in [-0.05, 0) is 48.7 Å². The molecule has 5 nitrogen and oxygen atoms in total. The summed E-state index contributed by atoms with van der Waals surface area (Å²) in [4.78, 5) is 13.3. The molecule has 0 fully saturated rings. The van der Waals surface area contributed by atoms with Crippen molar-refractivity contribution in [1.29, 1.82) is 0 Å². The van der Waals surface area contributed by atoms with E-state index in [1.807, 2.05) is 42.7 Å². The highest BCUT2D eigenvalue weighted by molar-refractivity contribution is 7.80. The third-order valence-corrected chi connectivity index (χ3v) is 5.20. The number of thiophene rings is 1. The van der Waals surface area contributed by atoms with Crippen LogP contribution in [0.2, 0.25) is 0 Å². The minimum atomic E-state index is -0.193. The molecule has 0 spiro atoms. The number of nitrogens with one attached hydrogen (secondary N) is 2. The first kappa shape index (κ1) is 18.3. The molecule has 0 aliphatic carbocycles. The first-order valence-corrected chi connectivity index (χ1v) is 9.27. The highest BCUT2D eigenvalue weighted by Gasteiger charge is 2.12. The Morgan fingerprint density at radius 2 is 1.96 bits per heavy atom. The van der Waals surface area contributed by atoms with E-state index in [0.29, 0.717) is 22.7 Å². The first-order valence-electron chi connectivity index (χ1n) is 8.05. The summed E-state index contributed by atoms with van der Waals surface area (Å²) in [7, 11) is 0. The second kappa shape index (κ2) is 8.27. The van der Waals surface area contributed by atoms with Crippen LogP contribution >= 0.6 is 23.6 Å². The average Bonchev–Trinajstić information content (AvgIpc) is 3.10. The van der Waals surface area contributed by atoms with E-state index >= 15 is 0 Å². The van der Waals surface area contributed by atoms with Crippen LogP contribution in [0.15, 0.2) is 54.6 Å². The van der Waals surface area contributed by atoms with Crippen molar-refractivity contribution in [1.82, 2.24) is 10.8 Å². The van der Waals surface area contributed by atoms with Crippen LogP contribution in [0.4, 0.5) is 0 Å². The zero-order valence-corrected chi connectivity index (χ0v) is 15.7. The number of rotatable bonds is 6. The number of amides is 1. The summed E-state index contributed by atoms with van der Waals surface area (Å²) in [6.07, 6.45) is -0.193. The van der Waals surface area contributed by atoms with Gasteiger partial charge in [0.1, 0.15) is 16.8 Å². The molecule has 3 aromatic rings. The van der Waals surface area contributed by atoms with Gasteiger partial charge in [0.15, 0.2) is 0 Å². The van der Waals surface area contributed by atoms with Gasteiger partial charge in [-0.15, -0.1) is 11.3 Å². The summed E-state index contributed by atoms with van der Waals surface area (Å²) < 4.78 is 6.89. The summed E-state index contributed by atoms with van der Waals surface area (Å²) >= 11 is 6.42. The van der Waals surface area contributed by atoms with Crippen LogP contribution in [0, 0.1) is 0 Å². The highest BCUT2D eigenvalue weighted by Crippen LogP contribution is 2.25. The lowest BCUT2D eigenvalue weighted by Gasteiger charge is -2.15. The van der Waals surface area contributed by atoms with Crippen LogP contribution in [0.5, 0.6) is 5.75 Å². The topological polar surface area (TPSA) is 70.6 Å². The number of thiocarbonyl (C=S) groups is 1. The zero-order chi connectivity index (χ0) is 18.5. The van der Waals surface area contributed by atoms with E-state index < -0.39 is 0 Å². The SMILES string of the molecule is C[C@H](CNC(=O)c1cc2ccccc2s1)Oc1ccc(C(=S)NO)cc1. The standard InChI is InChI=1S/C19H18N2O3S2/c1-12(24-15-8-6-13(7-9-15)19(25)21-23)11-20-18(22)17-10-14-4-2-3-5-16(14)26-17/h2-10,12,23H,11H2,1H3,(H,20,22)(H,21,25)/t12-/m1/s1. The molecule has 0 aliphatic rings. The van der Waals surface area contributed by atoms with Crippen LogP contribution in [0.3, 0.4) is 0 Å². The summed E-state index contributed by atoms with van der Waals surface area (Å²) in [6.45, 7) is 2.28. The summed E-state index contributed by atoms with van der Waals surface area (Å²) in [5.74, 6) is 0.564. The number of carbonyl (C=O) groups is 1. The maximum atomic E-state index is 12.3. The molecule has 0 unspecified atom stereocenters. The lowest BCUT2D eigenvalue weighted by Crippen LogP contribution is -2.33. The maximum Gasteiger partial charge on any atom is 0.261 e. The molecule has 1 amide bonds. The Balaban J connectivity index is 1.54. The van der Waals surface area contributed by atoms with Gasteiger partial charge in [-0.1, -0.05) is 30.4 Å². The smallest absolute Gasteiger partial charge is 0.261 e. The summed E-state index contributed by atoms with van der Waals surface area (Å²) in [6, 6.07) is 16.9. The number of hydrogen-bond donors (Lipinski definition) is 3. The van der Waals surface area contributed by atoms with Gasteiger partial charge in [-0.3, -0.25) is 15.5 Å². The molecule has 0 saturated carbocycles. The molecule has 134 valence electrons. The fraction of sp³-hybridized carbons (Fsp3) is 0.158. The third-order valence-electron chi connectivity index (χ3n) is 3.75. The Morgan fingerprint density at radius 1 is 1.23 bits per heavy atom. The number of benzene rings is 2. The van der Waals surface area contributed by atoms with Crippen molar-refractivity contribution in [3.8, 4) is 5.75 Å². The van der Waals surface area contributed by atoms with Crippen molar-refractivity contribution < 1.29 is 14.7 Å². The Morgan fingerprint density at radius 3 is 2.65 bits per heavy atom. The maximum absolute atomic E-state index is 12.3. The second-order valence-electron chi connectivity index (χ2n) is 5.75. The monoisotopic (exact) mass is 386 g/mol. The zero-order valence-electron chi connectivity index (χ0n) is 14.1. The van der Waals surface area contributed by atoms with Crippen LogP contribution < -0.4 is 15.5 Å². The van der Waals surface area contributed by atoms with E-state index in [4.69, 9.17) is 22.2 Å². The molecule has 0 bridgehead atoms. The Kier molecular flexibility index (Phi) is 5.82. The van der Waals surface area contributed by atoms with Crippen LogP contribution in [-0.4, -0.2) is 28.8 Å². The van der Waals surface area contributed by atoms with Crippen molar-refractivity contribution >= 4 is 44.5 Å². The lowest BCUT2D eigenvalue weighted by molar-refractivity contribution is 0.0936. The largest absolute Gasteiger partial charge is 0.489 e. The minimum absolute atomic E-state index is 0.101. The van der Waals surface area contributed by atoms with Gasteiger partial charge in [0.05, 0.1) is 11.4 Å². The van der Waals surface area contributed by atoms with E-state index in [0.717, 1.165) is 10.1 Å². The number of hydroxylamine groups is 1. The highest BCUT2D eigenvalue weighted by atomic mass is 32.1. The number of carbonyl (C=O) groups excluding carboxylic acids is 1. The third kappa shape index (κ3) is 4.37. The van der Waals surface area contributed by atoms with Crippen molar-refractivity contribution in [2.75, 3.05) is 6.54 Å². The average molecular weight is 386 g/mol. The van der Waals surface area contributed by atoms with Crippen molar-refractivity contribution in [2.45, 2.75) is 13.0 Å². The van der Waals surface area contributed by atoms with E-state index in [1.54, 1.807) is 24.3 Å². The normalized spacial score (nSPS) is 11.8. The van der Waals surface area contributed by atoms with Gasteiger partial charge >= 0.3 is 0 Å². The predicted octanol–water partition coefficient (Wildman–Crippen LogP) is 3.75. The summed E-state index contributed by atoms with van der Waals surface area (Å²) in [5, 5.41) is 12.8. The number of hydrogen-bond acceptors (Lipinski definition) is 5. The first-order chi connectivity index (χ1) is 12.6. The quantitative estimate of drug-likeness (QED) is 0.445. The molecule has 3 rings (SSSR count). The summed E-state index contributed by atoms with van der Waals surface area (Å²) in [5.41, 5.74) is 2.64. The van der Waals surface area contributed by atoms with Crippen molar-refractivity contribution in [3.63, 3.8) is 0 Å². The molecule has 0 saturated heterocycles. The van der Waals surface area contributed by atoms with Gasteiger partial charge in [-0.25, -0.2) is 0 Å². The molecule has 0 aliphatic heterocycles. The van der Waals surface area contributed by atoms with E-state index in [-0.39, 0.29) is 17.0 Å². The number of fused-ring (bicyclic) bond motifs is 1. The van der Waals surface area contributed by atoms with E-state index in [9.17, 15) is 4.79 Å². The molecule has 2 aromatic carbocycles. The Hall–Kier alpha value is -2.48. The lowest BCUT2D eigenvalue weighted by atomic mass is 10.2. The predicted molar refractivity (Wildman–Crippen MR) is 107 cm³/mol. The van der Waals surface area contributed by atoms with Gasteiger partial charge in [0.2, 0.25) is 0 Å². The molecule has 1 aromatic heterocycles. The molecule has 7 heteroatoms. The molecule has 26 heavy (non-hydrogen) atoms. The Bertz CT molecular complexity index is 889. The van der Waals surface area contributed by atoms with E-state index in [1.165, 1.54) is 11.3 Å². The second-order valence-corrected chi connectivity index (χ2v) is 7.24. The molecule has 1 heterocycles. The fourth-order valence-corrected chi connectivity index (χ4v) is 3.56. The van der Waals surface area contributed by atoms with Gasteiger partial charge < -0.3 is 10.1 Å². The van der Waals surface area contributed by atoms with E-state index in [2.05, 4.69) is 5.32 Å². The van der Waals surface area contributed by atoms with Gasteiger partial charge in [0.25, 0.3) is 5.91 Å². The molecular weight excluding hydrogens is 368 g/mol. The fourth-order valence-electron chi connectivity index (χ4n) is 2.44.